The number of carbonyl (C=O) groups excluding carboxylic acids is 1. The number of hydrogen-bond acceptors (Lipinski definition) is 3. The third-order valence-electron chi connectivity index (χ3n) is 3.69. The molecule has 124 valence electrons. The minimum Gasteiger partial charge on any atom is -0.480 e. The third-order valence-corrected chi connectivity index (χ3v) is 3.69. The fraction of sp³-hybridized carbons (Fsp3) is 0.438. The van der Waals surface area contributed by atoms with Gasteiger partial charge < -0.3 is 10.4 Å². The molecule has 1 aromatic carbocycles. The van der Waals surface area contributed by atoms with E-state index in [4.69, 9.17) is 0 Å². The summed E-state index contributed by atoms with van der Waals surface area (Å²) in [4.78, 5) is 35.6. The van der Waals surface area contributed by atoms with Gasteiger partial charge in [0.1, 0.15) is 12.6 Å². The highest BCUT2D eigenvalue weighted by molar-refractivity contribution is 5.85. The van der Waals surface area contributed by atoms with Crippen molar-refractivity contribution in [2.75, 3.05) is 0 Å². The van der Waals surface area contributed by atoms with Gasteiger partial charge in [-0.25, -0.2) is 9.59 Å². The van der Waals surface area contributed by atoms with Crippen LogP contribution in [0.25, 0.3) is 11.0 Å². The van der Waals surface area contributed by atoms with Crippen molar-refractivity contribution in [3.63, 3.8) is 0 Å². The van der Waals surface area contributed by atoms with Crippen LogP contribution in [0.1, 0.15) is 20.3 Å². The van der Waals surface area contributed by atoms with Crippen molar-refractivity contribution >= 4 is 22.9 Å². The maximum absolute atomic E-state index is 12.3. The number of carbonyl (C=O) groups is 2. The van der Waals surface area contributed by atoms with E-state index in [1.54, 1.807) is 25.2 Å². The number of fused-ring (bicyclic) bond motifs is 1. The number of aryl methyl sites for hydroxylation is 1. The molecule has 0 aliphatic heterocycles. The van der Waals surface area contributed by atoms with Crippen LogP contribution in [0.15, 0.2) is 29.1 Å². The molecule has 0 saturated heterocycles. The fourth-order valence-electron chi connectivity index (χ4n) is 2.59. The molecule has 1 aromatic heterocycles. The predicted molar refractivity (Wildman–Crippen MR) is 86.2 cm³/mol. The van der Waals surface area contributed by atoms with Gasteiger partial charge in [-0.05, 0) is 24.5 Å². The second-order valence-electron chi connectivity index (χ2n) is 6.00. The zero-order valence-electron chi connectivity index (χ0n) is 13.4. The molecule has 0 unspecified atom stereocenters. The Bertz CT molecular complexity index is 788. The highest BCUT2D eigenvalue weighted by Gasteiger charge is 2.22. The van der Waals surface area contributed by atoms with Gasteiger partial charge in [-0.1, -0.05) is 26.0 Å². The molecule has 0 radical (unpaired) electrons. The van der Waals surface area contributed by atoms with E-state index in [-0.39, 0.29) is 18.2 Å². The monoisotopic (exact) mass is 319 g/mol. The molecular weight excluding hydrogens is 298 g/mol. The summed E-state index contributed by atoms with van der Waals surface area (Å²) in [5.41, 5.74) is 1.06. The van der Waals surface area contributed by atoms with Gasteiger partial charge in [0, 0.05) is 7.05 Å². The quantitative estimate of drug-likeness (QED) is 0.829. The summed E-state index contributed by atoms with van der Waals surface area (Å²) in [5, 5.41) is 11.7. The molecule has 0 saturated carbocycles. The largest absolute Gasteiger partial charge is 0.480 e. The van der Waals surface area contributed by atoms with Crippen LogP contribution in [-0.4, -0.2) is 32.2 Å². The SMILES string of the molecule is CC(C)C[C@H](NC(=O)Cn1c(=O)n(C)c2ccccc21)C(=O)O. The highest BCUT2D eigenvalue weighted by atomic mass is 16.4. The number of carboxylic acids is 1. The van der Waals surface area contributed by atoms with Crippen LogP contribution in [0.5, 0.6) is 0 Å². The smallest absolute Gasteiger partial charge is 0.329 e. The van der Waals surface area contributed by atoms with Gasteiger partial charge in [-0.15, -0.1) is 0 Å². The maximum Gasteiger partial charge on any atom is 0.329 e. The normalized spacial score (nSPS) is 12.5. The Hall–Kier alpha value is -2.57. The number of hydrogen-bond donors (Lipinski definition) is 2. The molecule has 2 aromatic rings. The zero-order valence-corrected chi connectivity index (χ0v) is 13.4. The van der Waals surface area contributed by atoms with E-state index in [2.05, 4.69) is 5.32 Å². The van der Waals surface area contributed by atoms with E-state index in [1.165, 1.54) is 9.13 Å². The lowest BCUT2D eigenvalue weighted by atomic mass is 10.0. The number of rotatable bonds is 6. The Labute approximate surface area is 133 Å². The first-order chi connectivity index (χ1) is 10.8. The van der Waals surface area contributed by atoms with Gasteiger partial charge in [0.25, 0.3) is 0 Å². The van der Waals surface area contributed by atoms with Crippen LogP contribution in [0, 0.1) is 5.92 Å². The molecular formula is C16H21N3O4. The molecule has 0 aliphatic rings. The first kappa shape index (κ1) is 16.8. The summed E-state index contributed by atoms with van der Waals surface area (Å²) in [6.07, 6.45) is 0.339. The second kappa shape index (κ2) is 6.68. The molecule has 1 atom stereocenters. The lowest BCUT2D eigenvalue weighted by Crippen LogP contribution is -2.44. The number of amides is 1. The first-order valence-corrected chi connectivity index (χ1v) is 7.47. The molecule has 7 heteroatoms. The molecule has 23 heavy (non-hydrogen) atoms. The van der Waals surface area contributed by atoms with Crippen LogP contribution in [0.3, 0.4) is 0 Å². The molecule has 0 spiro atoms. The number of aromatic nitrogens is 2. The fourth-order valence-corrected chi connectivity index (χ4v) is 2.59. The summed E-state index contributed by atoms with van der Waals surface area (Å²) >= 11 is 0. The average Bonchev–Trinajstić information content (AvgIpc) is 2.72. The number of nitrogens with one attached hydrogen (secondary N) is 1. The lowest BCUT2D eigenvalue weighted by Gasteiger charge is -2.16. The maximum atomic E-state index is 12.3. The molecule has 1 amide bonds. The number of aliphatic carboxylic acids is 1. The van der Waals surface area contributed by atoms with Gasteiger partial charge in [-0.2, -0.15) is 0 Å². The van der Waals surface area contributed by atoms with Crippen molar-refractivity contribution in [2.45, 2.75) is 32.9 Å². The number of carboxylic acid groups (broad SMARTS) is 1. The van der Waals surface area contributed by atoms with Crippen LogP contribution in [-0.2, 0) is 23.2 Å². The standard InChI is InChI=1S/C16H21N3O4/c1-10(2)8-11(15(21)22)17-14(20)9-19-13-7-5-4-6-12(13)18(3)16(19)23/h4-7,10-11H,8-9H2,1-3H3,(H,17,20)(H,21,22)/t11-/m0/s1. The molecule has 0 fully saturated rings. The average molecular weight is 319 g/mol. The summed E-state index contributed by atoms with van der Waals surface area (Å²) in [7, 11) is 1.64. The molecule has 1 heterocycles. The van der Waals surface area contributed by atoms with Crippen molar-refractivity contribution in [1.82, 2.24) is 14.5 Å². The predicted octanol–water partition coefficient (Wildman–Crippen LogP) is 0.955. The van der Waals surface area contributed by atoms with E-state index >= 15 is 0 Å². The minimum absolute atomic E-state index is 0.136. The van der Waals surface area contributed by atoms with Crippen LogP contribution >= 0.6 is 0 Å². The summed E-state index contributed by atoms with van der Waals surface area (Å²) in [6.45, 7) is 3.57. The Morgan fingerprint density at radius 1 is 1.22 bits per heavy atom. The van der Waals surface area contributed by atoms with E-state index in [9.17, 15) is 19.5 Å². The van der Waals surface area contributed by atoms with Gasteiger partial charge in [0.15, 0.2) is 0 Å². The molecule has 2 N–H and O–H groups in total. The number of benzene rings is 1. The van der Waals surface area contributed by atoms with Crippen molar-refractivity contribution < 1.29 is 14.7 Å². The molecule has 0 aliphatic carbocycles. The Morgan fingerprint density at radius 3 is 2.39 bits per heavy atom. The Morgan fingerprint density at radius 2 is 1.83 bits per heavy atom. The highest BCUT2D eigenvalue weighted by Crippen LogP contribution is 2.11. The van der Waals surface area contributed by atoms with Gasteiger partial charge in [0.2, 0.25) is 5.91 Å². The van der Waals surface area contributed by atoms with E-state index in [1.807, 2.05) is 19.9 Å². The zero-order chi connectivity index (χ0) is 17.1. The van der Waals surface area contributed by atoms with Crippen LogP contribution < -0.4 is 11.0 Å². The van der Waals surface area contributed by atoms with Crippen LogP contribution in [0.2, 0.25) is 0 Å². The second-order valence-corrected chi connectivity index (χ2v) is 6.00. The first-order valence-electron chi connectivity index (χ1n) is 7.47. The number of para-hydroxylation sites is 2. The summed E-state index contributed by atoms with van der Waals surface area (Å²) < 4.78 is 2.81. The lowest BCUT2D eigenvalue weighted by molar-refractivity contribution is -0.142. The molecule has 0 bridgehead atoms. The molecule has 2 rings (SSSR count). The van der Waals surface area contributed by atoms with Gasteiger partial charge >= 0.3 is 11.7 Å². The van der Waals surface area contributed by atoms with Crippen molar-refractivity contribution in [3.8, 4) is 0 Å². The van der Waals surface area contributed by atoms with Crippen LogP contribution in [0.4, 0.5) is 0 Å². The van der Waals surface area contributed by atoms with E-state index in [0.29, 0.717) is 11.9 Å². The van der Waals surface area contributed by atoms with Crippen molar-refractivity contribution in [2.24, 2.45) is 13.0 Å². The number of nitrogens with zero attached hydrogens (tertiary/aromatic N) is 2. The number of imidazole rings is 1. The van der Waals surface area contributed by atoms with Crippen molar-refractivity contribution in [1.29, 1.82) is 0 Å². The topological polar surface area (TPSA) is 93.3 Å². The molecule has 7 nitrogen and oxygen atoms in total. The minimum atomic E-state index is -1.07. The van der Waals surface area contributed by atoms with E-state index in [0.717, 1.165) is 5.52 Å². The Balaban J connectivity index is 2.22. The van der Waals surface area contributed by atoms with Gasteiger partial charge in [0.05, 0.1) is 11.0 Å². The third kappa shape index (κ3) is 3.61. The van der Waals surface area contributed by atoms with Crippen molar-refractivity contribution in [3.05, 3.63) is 34.7 Å². The van der Waals surface area contributed by atoms with E-state index < -0.39 is 17.9 Å². The van der Waals surface area contributed by atoms with Gasteiger partial charge in [-0.3, -0.25) is 13.9 Å². The summed E-state index contributed by atoms with van der Waals surface area (Å²) in [6, 6.07) is 6.20. The summed E-state index contributed by atoms with van der Waals surface area (Å²) in [5.74, 6) is -1.43. The Kier molecular flexibility index (Phi) is 4.88.